The Kier molecular flexibility index (Phi) is 7.15. The number of rotatable bonds is 5. The van der Waals surface area contributed by atoms with Gasteiger partial charge in [-0.3, -0.25) is 4.90 Å². The summed E-state index contributed by atoms with van der Waals surface area (Å²) in [5.74, 6) is 0.797. The van der Waals surface area contributed by atoms with Gasteiger partial charge in [0.2, 0.25) is 0 Å². The lowest BCUT2D eigenvalue weighted by Gasteiger charge is -2.46. The molecule has 0 amide bonds. The molecular formula is C22H41NOSi. The summed E-state index contributed by atoms with van der Waals surface area (Å²) in [6, 6.07) is 0.901. The fraction of sp³-hybridized carbons (Fsp3) is 0.818. The topological polar surface area (TPSA) is 12.5 Å². The molecule has 25 heavy (non-hydrogen) atoms. The third kappa shape index (κ3) is 5.54. The molecular weight excluding hydrogens is 322 g/mol. The molecule has 3 atom stereocenters. The highest BCUT2D eigenvalue weighted by Gasteiger charge is 2.41. The number of likely N-dealkylation sites (N-methyl/N-ethyl adjacent to an activating group) is 1. The van der Waals surface area contributed by atoms with Crippen molar-refractivity contribution < 1.29 is 4.43 Å². The smallest absolute Gasteiger partial charge is 0.192 e. The highest BCUT2D eigenvalue weighted by Crippen LogP contribution is 2.39. The van der Waals surface area contributed by atoms with Gasteiger partial charge in [0.05, 0.1) is 0 Å². The molecule has 0 aromatic heterocycles. The maximum absolute atomic E-state index is 6.78. The number of allylic oxidation sites excluding steroid dienone is 1. The molecule has 3 heteroatoms. The predicted octanol–water partition coefficient (Wildman–Crippen LogP) is 6.16. The van der Waals surface area contributed by atoms with Gasteiger partial charge in [0.15, 0.2) is 8.32 Å². The molecule has 0 aromatic carbocycles. The lowest BCUT2D eigenvalue weighted by molar-refractivity contribution is 0.0549. The Morgan fingerprint density at radius 2 is 1.60 bits per heavy atom. The molecule has 0 spiro atoms. The van der Waals surface area contributed by atoms with Gasteiger partial charge < -0.3 is 4.43 Å². The van der Waals surface area contributed by atoms with Crippen LogP contribution in [0, 0.1) is 5.92 Å². The van der Waals surface area contributed by atoms with E-state index in [0.29, 0.717) is 18.2 Å². The van der Waals surface area contributed by atoms with Crippen LogP contribution in [-0.2, 0) is 4.43 Å². The summed E-state index contributed by atoms with van der Waals surface area (Å²) in [5.41, 5.74) is 0. The lowest BCUT2D eigenvalue weighted by Crippen LogP contribution is -2.52. The van der Waals surface area contributed by atoms with Crippen LogP contribution in [-0.4, -0.2) is 38.5 Å². The van der Waals surface area contributed by atoms with Crippen molar-refractivity contribution in [3.05, 3.63) is 24.8 Å². The SMILES string of the molecule is C=C[C@H]1C[C@@H](O[Si](C)(C)C(C)(C)C)C[C@@H](/C=C/C2CCCCC2)N1C. The van der Waals surface area contributed by atoms with Gasteiger partial charge in [-0.15, -0.1) is 6.58 Å². The molecule has 2 aliphatic rings. The number of hydrogen-bond donors (Lipinski definition) is 0. The molecule has 0 aromatic rings. The Morgan fingerprint density at radius 3 is 2.16 bits per heavy atom. The Balaban J connectivity index is 2.05. The highest BCUT2D eigenvalue weighted by atomic mass is 28.4. The van der Waals surface area contributed by atoms with Crippen molar-refractivity contribution in [2.75, 3.05) is 7.05 Å². The van der Waals surface area contributed by atoms with E-state index in [0.717, 1.165) is 18.8 Å². The van der Waals surface area contributed by atoms with Gasteiger partial charge in [-0.1, -0.05) is 58.3 Å². The van der Waals surface area contributed by atoms with Gasteiger partial charge in [-0.05, 0) is 56.8 Å². The van der Waals surface area contributed by atoms with Crippen LogP contribution in [0.4, 0.5) is 0 Å². The summed E-state index contributed by atoms with van der Waals surface area (Å²) in [6.45, 7) is 15.8. The van der Waals surface area contributed by atoms with Crippen molar-refractivity contribution in [3.63, 3.8) is 0 Å². The first-order valence-corrected chi connectivity index (χ1v) is 13.3. The van der Waals surface area contributed by atoms with Crippen molar-refractivity contribution in [3.8, 4) is 0 Å². The summed E-state index contributed by atoms with van der Waals surface area (Å²) < 4.78 is 6.78. The summed E-state index contributed by atoms with van der Waals surface area (Å²) in [4.78, 5) is 2.50. The van der Waals surface area contributed by atoms with Crippen LogP contribution in [0.1, 0.15) is 65.7 Å². The fourth-order valence-corrected chi connectivity index (χ4v) is 5.37. The third-order valence-electron chi connectivity index (χ3n) is 6.85. The quantitative estimate of drug-likeness (QED) is 0.428. The van der Waals surface area contributed by atoms with Gasteiger partial charge in [-0.2, -0.15) is 0 Å². The molecule has 0 unspecified atom stereocenters. The van der Waals surface area contributed by atoms with Crippen LogP contribution in [0.25, 0.3) is 0 Å². The third-order valence-corrected chi connectivity index (χ3v) is 11.4. The average molecular weight is 364 g/mol. The average Bonchev–Trinajstić information content (AvgIpc) is 2.54. The van der Waals surface area contributed by atoms with Crippen LogP contribution in [0.2, 0.25) is 18.1 Å². The number of nitrogens with zero attached hydrogens (tertiary/aromatic N) is 1. The van der Waals surface area contributed by atoms with Gasteiger partial charge in [0, 0.05) is 18.2 Å². The zero-order valence-corrected chi connectivity index (χ0v) is 18.6. The van der Waals surface area contributed by atoms with Crippen LogP contribution in [0.5, 0.6) is 0 Å². The molecule has 0 N–H and O–H groups in total. The molecule has 2 nitrogen and oxygen atoms in total. The number of piperidine rings is 1. The molecule has 144 valence electrons. The summed E-state index contributed by atoms with van der Waals surface area (Å²) in [6.07, 6.45) is 16.7. The van der Waals surface area contributed by atoms with E-state index >= 15 is 0 Å². The predicted molar refractivity (Wildman–Crippen MR) is 113 cm³/mol. The Labute approximate surface area is 157 Å². The van der Waals surface area contributed by atoms with Crippen molar-refractivity contribution in [2.45, 2.75) is 102 Å². The van der Waals surface area contributed by atoms with E-state index < -0.39 is 8.32 Å². The molecule has 2 fully saturated rings. The first-order chi connectivity index (χ1) is 11.6. The zero-order valence-electron chi connectivity index (χ0n) is 17.6. The second-order valence-electron chi connectivity index (χ2n) is 9.79. The summed E-state index contributed by atoms with van der Waals surface area (Å²) in [5, 5.41) is 0.271. The van der Waals surface area contributed by atoms with Gasteiger partial charge >= 0.3 is 0 Å². The molecule has 2 rings (SSSR count). The first kappa shape index (κ1) is 20.9. The van der Waals surface area contributed by atoms with Crippen molar-refractivity contribution >= 4 is 8.32 Å². The lowest BCUT2D eigenvalue weighted by atomic mass is 9.87. The second-order valence-corrected chi connectivity index (χ2v) is 14.5. The number of likely N-dealkylation sites (tertiary alicyclic amines) is 1. The minimum Gasteiger partial charge on any atom is -0.414 e. The minimum atomic E-state index is -1.72. The van der Waals surface area contributed by atoms with Crippen LogP contribution in [0.3, 0.4) is 0 Å². The molecule has 1 aliphatic carbocycles. The van der Waals surface area contributed by atoms with Crippen molar-refractivity contribution in [1.82, 2.24) is 4.90 Å². The minimum absolute atomic E-state index is 0.271. The molecule has 1 aliphatic heterocycles. The van der Waals surface area contributed by atoms with Crippen LogP contribution < -0.4 is 0 Å². The van der Waals surface area contributed by atoms with E-state index in [1.165, 1.54) is 32.1 Å². The van der Waals surface area contributed by atoms with Crippen LogP contribution in [0.15, 0.2) is 24.8 Å². The van der Waals surface area contributed by atoms with Crippen molar-refractivity contribution in [2.24, 2.45) is 5.92 Å². The molecule has 1 saturated carbocycles. The Bertz CT molecular complexity index is 459. The standard InChI is InChI=1S/C22H41NOSi/c1-8-19-16-21(24-25(6,7)22(2,3)4)17-20(23(19)5)15-14-18-12-10-9-11-13-18/h8,14-15,18-21H,1,9-13,16-17H2,2-7H3/b15-14+/t19-,20+,21+/m0/s1. The highest BCUT2D eigenvalue weighted by molar-refractivity contribution is 6.74. The van der Waals surface area contributed by atoms with E-state index in [2.05, 4.69) is 70.6 Å². The Morgan fingerprint density at radius 1 is 1.00 bits per heavy atom. The molecule has 0 bridgehead atoms. The van der Waals surface area contributed by atoms with E-state index in [9.17, 15) is 0 Å². The zero-order chi connectivity index (χ0) is 18.7. The maximum atomic E-state index is 6.78. The number of hydrogen-bond acceptors (Lipinski definition) is 2. The van der Waals surface area contributed by atoms with Gasteiger partial charge in [0.1, 0.15) is 0 Å². The summed E-state index contributed by atoms with van der Waals surface area (Å²) >= 11 is 0. The van der Waals surface area contributed by atoms with E-state index in [4.69, 9.17) is 4.43 Å². The van der Waals surface area contributed by atoms with E-state index in [1.807, 2.05) is 0 Å². The largest absolute Gasteiger partial charge is 0.414 e. The van der Waals surface area contributed by atoms with E-state index in [1.54, 1.807) is 0 Å². The Hall–Kier alpha value is -0.383. The normalized spacial score (nSPS) is 30.7. The molecule has 0 radical (unpaired) electrons. The van der Waals surface area contributed by atoms with Crippen LogP contribution >= 0.6 is 0 Å². The van der Waals surface area contributed by atoms with E-state index in [-0.39, 0.29) is 5.04 Å². The van der Waals surface area contributed by atoms with Gasteiger partial charge in [-0.25, -0.2) is 0 Å². The second kappa shape index (κ2) is 8.54. The first-order valence-electron chi connectivity index (χ1n) is 10.3. The fourth-order valence-electron chi connectivity index (χ4n) is 3.99. The molecule has 1 saturated heterocycles. The van der Waals surface area contributed by atoms with Gasteiger partial charge in [0.25, 0.3) is 0 Å². The van der Waals surface area contributed by atoms with Crippen molar-refractivity contribution in [1.29, 1.82) is 0 Å². The monoisotopic (exact) mass is 363 g/mol. The maximum Gasteiger partial charge on any atom is 0.192 e. The molecule has 1 heterocycles. The summed E-state index contributed by atoms with van der Waals surface area (Å²) in [7, 11) is 0.536.